The second kappa shape index (κ2) is 6.01. The van der Waals surface area contributed by atoms with Crippen molar-refractivity contribution in [2.45, 2.75) is 75.9 Å². The van der Waals surface area contributed by atoms with Crippen LogP contribution in [0.25, 0.3) is 0 Å². The highest BCUT2D eigenvalue weighted by atomic mass is 16.7. The van der Waals surface area contributed by atoms with Crippen molar-refractivity contribution in [1.29, 1.82) is 0 Å². The molecule has 0 aromatic carbocycles. The fourth-order valence-corrected chi connectivity index (χ4v) is 2.52. The molecule has 0 aromatic heterocycles. The summed E-state index contributed by atoms with van der Waals surface area (Å²) in [5.41, 5.74) is 0. The van der Waals surface area contributed by atoms with Crippen molar-refractivity contribution >= 4 is 0 Å². The summed E-state index contributed by atoms with van der Waals surface area (Å²) in [7, 11) is 0. The van der Waals surface area contributed by atoms with Crippen molar-refractivity contribution in [3.05, 3.63) is 0 Å². The summed E-state index contributed by atoms with van der Waals surface area (Å²) in [5.74, 6) is 0. The molecule has 2 aliphatic rings. The van der Waals surface area contributed by atoms with Crippen molar-refractivity contribution < 1.29 is 34.6 Å². The fourth-order valence-electron chi connectivity index (χ4n) is 2.52. The standard InChI is InChI=1S/C12H22O7/c1-5-11(16)7(13)4-10(18-5)19-12-6(2)17-9(15)3-8(12)14/h5-16H,3-4H2,1-2H3/t5-,6-,7-,8-,9+,10+,11-,12+/m1/s1. The van der Waals surface area contributed by atoms with E-state index in [-0.39, 0.29) is 12.8 Å². The van der Waals surface area contributed by atoms with E-state index in [1.54, 1.807) is 13.8 Å². The summed E-state index contributed by atoms with van der Waals surface area (Å²) < 4.78 is 16.2. The monoisotopic (exact) mass is 278 g/mol. The largest absolute Gasteiger partial charge is 0.390 e. The van der Waals surface area contributed by atoms with Crippen LogP contribution in [-0.4, -0.2) is 69.6 Å². The lowest BCUT2D eigenvalue weighted by Crippen LogP contribution is -2.53. The molecule has 0 bridgehead atoms. The third-order valence-corrected chi connectivity index (χ3v) is 3.64. The molecule has 7 nitrogen and oxygen atoms in total. The van der Waals surface area contributed by atoms with Gasteiger partial charge in [0.15, 0.2) is 12.6 Å². The highest BCUT2D eigenvalue weighted by Crippen LogP contribution is 2.27. The predicted octanol–water partition coefficient (Wildman–Crippen LogP) is -1.28. The third kappa shape index (κ3) is 3.43. The molecule has 2 rings (SSSR count). The zero-order valence-corrected chi connectivity index (χ0v) is 11.0. The number of hydrogen-bond acceptors (Lipinski definition) is 7. The molecule has 0 unspecified atom stereocenters. The van der Waals surface area contributed by atoms with Crippen molar-refractivity contribution in [3.63, 3.8) is 0 Å². The van der Waals surface area contributed by atoms with Gasteiger partial charge in [0.1, 0.15) is 12.2 Å². The van der Waals surface area contributed by atoms with Gasteiger partial charge in [0.2, 0.25) is 0 Å². The highest BCUT2D eigenvalue weighted by Gasteiger charge is 2.41. The highest BCUT2D eigenvalue weighted by molar-refractivity contribution is 4.84. The first kappa shape index (κ1) is 15.1. The Labute approximate surface area is 111 Å². The SMILES string of the molecule is C[C@H]1O[C@@H](O[C@@H]2[C@H](O)C[C@@H](O)O[C@@H]2C)C[C@@H](O)[C@@H]1O. The Morgan fingerprint density at radius 1 is 0.895 bits per heavy atom. The first-order chi connectivity index (χ1) is 8.88. The molecular weight excluding hydrogens is 256 g/mol. The minimum Gasteiger partial charge on any atom is -0.390 e. The fraction of sp³-hybridized carbons (Fsp3) is 1.00. The Morgan fingerprint density at radius 2 is 1.58 bits per heavy atom. The third-order valence-electron chi connectivity index (χ3n) is 3.64. The van der Waals surface area contributed by atoms with Gasteiger partial charge in [-0.25, -0.2) is 0 Å². The van der Waals surface area contributed by atoms with Crippen LogP contribution >= 0.6 is 0 Å². The first-order valence-corrected chi connectivity index (χ1v) is 6.57. The zero-order valence-electron chi connectivity index (χ0n) is 11.0. The molecule has 0 aliphatic carbocycles. The van der Waals surface area contributed by atoms with E-state index in [1.165, 1.54) is 0 Å². The van der Waals surface area contributed by atoms with E-state index in [0.717, 1.165) is 0 Å². The van der Waals surface area contributed by atoms with E-state index in [2.05, 4.69) is 0 Å². The smallest absolute Gasteiger partial charge is 0.161 e. The van der Waals surface area contributed by atoms with Crippen molar-refractivity contribution in [2.75, 3.05) is 0 Å². The Hall–Kier alpha value is -0.280. The molecule has 112 valence electrons. The summed E-state index contributed by atoms with van der Waals surface area (Å²) in [6, 6.07) is 0. The maximum Gasteiger partial charge on any atom is 0.161 e. The second-order valence-corrected chi connectivity index (χ2v) is 5.26. The van der Waals surface area contributed by atoms with Crippen LogP contribution in [0.1, 0.15) is 26.7 Å². The summed E-state index contributed by atoms with van der Waals surface area (Å²) in [6.45, 7) is 3.33. The predicted molar refractivity (Wildman–Crippen MR) is 63.0 cm³/mol. The molecule has 0 saturated carbocycles. The number of aliphatic hydroxyl groups excluding tert-OH is 4. The normalized spacial score (nSPS) is 52.1. The Balaban J connectivity index is 1.93. The van der Waals surface area contributed by atoms with Crippen LogP contribution in [0, 0.1) is 0 Å². The Morgan fingerprint density at radius 3 is 2.16 bits per heavy atom. The van der Waals surface area contributed by atoms with Gasteiger partial charge in [0.25, 0.3) is 0 Å². The maximum atomic E-state index is 9.89. The minimum absolute atomic E-state index is 0.0719. The lowest BCUT2D eigenvalue weighted by molar-refractivity contribution is -0.306. The number of ether oxygens (including phenoxy) is 3. The number of hydrogen-bond donors (Lipinski definition) is 4. The number of aliphatic hydroxyl groups is 4. The lowest BCUT2D eigenvalue weighted by Gasteiger charge is -2.41. The van der Waals surface area contributed by atoms with Crippen LogP contribution in [0.3, 0.4) is 0 Å². The molecule has 0 radical (unpaired) electrons. The van der Waals surface area contributed by atoms with Gasteiger partial charge >= 0.3 is 0 Å². The zero-order chi connectivity index (χ0) is 14.2. The van der Waals surface area contributed by atoms with Gasteiger partial charge in [0, 0.05) is 12.8 Å². The molecule has 2 heterocycles. The average Bonchev–Trinajstić information content (AvgIpc) is 2.30. The molecule has 7 heteroatoms. The van der Waals surface area contributed by atoms with E-state index in [4.69, 9.17) is 14.2 Å². The van der Waals surface area contributed by atoms with E-state index < -0.39 is 49.2 Å². The average molecular weight is 278 g/mol. The van der Waals surface area contributed by atoms with Crippen molar-refractivity contribution in [3.8, 4) is 0 Å². The summed E-state index contributed by atoms with van der Waals surface area (Å²) in [4.78, 5) is 0. The first-order valence-electron chi connectivity index (χ1n) is 6.57. The molecule has 2 fully saturated rings. The quantitative estimate of drug-likeness (QED) is 0.498. The van der Waals surface area contributed by atoms with Gasteiger partial charge in [-0.05, 0) is 13.8 Å². The van der Waals surface area contributed by atoms with Crippen LogP contribution in [0.4, 0.5) is 0 Å². The topological polar surface area (TPSA) is 109 Å². The van der Waals surface area contributed by atoms with Gasteiger partial charge in [0.05, 0.1) is 24.4 Å². The van der Waals surface area contributed by atoms with Gasteiger partial charge in [-0.15, -0.1) is 0 Å². The van der Waals surface area contributed by atoms with Crippen LogP contribution < -0.4 is 0 Å². The maximum absolute atomic E-state index is 9.89. The van der Waals surface area contributed by atoms with E-state index in [0.29, 0.717) is 0 Å². The van der Waals surface area contributed by atoms with E-state index >= 15 is 0 Å². The van der Waals surface area contributed by atoms with Crippen LogP contribution in [0.5, 0.6) is 0 Å². The molecule has 8 atom stereocenters. The Bertz CT molecular complexity index is 276. The molecule has 2 saturated heterocycles. The second-order valence-electron chi connectivity index (χ2n) is 5.26. The van der Waals surface area contributed by atoms with Gasteiger partial charge in [-0.3, -0.25) is 0 Å². The van der Waals surface area contributed by atoms with Gasteiger partial charge < -0.3 is 34.6 Å². The Kier molecular flexibility index (Phi) is 4.78. The molecular formula is C12H22O7. The molecule has 0 aromatic rings. The molecule has 19 heavy (non-hydrogen) atoms. The molecule has 0 amide bonds. The van der Waals surface area contributed by atoms with Crippen molar-refractivity contribution in [1.82, 2.24) is 0 Å². The van der Waals surface area contributed by atoms with Gasteiger partial charge in [-0.1, -0.05) is 0 Å². The van der Waals surface area contributed by atoms with Crippen LogP contribution in [-0.2, 0) is 14.2 Å². The summed E-state index contributed by atoms with van der Waals surface area (Å²) >= 11 is 0. The van der Waals surface area contributed by atoms with E-state index in [1.807, 2.05) is 0 Å². The minimum atomic E-state index is -0.997. The van der Waals surface area contributed by atoms with Crippen molar-refractivity contribution in [2.24, 2.45) is 0 Å². The summed E-state index contributed by atoms with van der Waals surface area (Å²) in [6.07, 6.45) is -5.89. The van der Waals surface area contributed by atoms with Crippen LogP contribution in [0.2, 0.25) is 0 Å². The molecule has 4 N–H and O–H groups in total. The van der Waals surface area contributed by atoms with Crippen LogP contribution in [0.15, 0.2) is 0 Å². The summed E-state index contributed by atoms with van der Waals surface area (Å²) in [5, 5.41) is 38.5. The molecule has 0 spiro atoms. The van der Waals surface area contributed by atoms with E-state index in [9.17, 15) is 20.4 Å². The lowest BCUT2D eigenvalue weighted by atomic mass is 10.0. The molecule has 2 aliphatic heterocycles. The van der Waals surface area contributed by atoms with Gasteiger partial charge in [-0.2, -0.15) is 0 Å². The number of rotatable bonds is 2.